The molecule has 0 aromatic carbocycles. The summed E-state index contributed by atoms with van der Waals surface area (Å²) in [6, 6.07) is 1.50. The Kier molecular flexibility index (Phi) is 5.58. The van der Waals surface area contributed by atoms with Gasteiger partial charge in [0.15, 0.2) is 0 Å². The molecule has 0 bridgehead atoms. The summed E-state index contributed by atoms with van der Waals surface area (Å²) in [5.41, 5.74) is 0. The zero-order valence-corrected chi connectivity index (χ0v) is 10.8. The molecule has 0 radical (unpaired) electrons. The molecule has 0 saturated heterocycles. The van der Waals surface area contributed by atoms with E-state index in [0.29, 0.717) is 6.04 Å². The Morgan fingerprint density at radius 1 is 1.33 bits per heavy atom. The number of rotatable bonds is 8. The number of hydrogen-bond donors (Lipinski definition) is 1. The third-order valence-corrected chi connectivity index (χ3v) is 3.07. The quantitative estimate of drug-likeness (QED) is 0.649. The van der Waals surface area contributed by atoms with Crippen molar-refractivity contribution in [1.29, 1.82) is 0 Å². The molecule has 1 unspecified atom stereocenters. The lowest BCUT2D eigenvalue weighted by atomic mass is 10.2. The van der Waals surface area contributed by atoms with Crippen molar-refractivity contribution in [2.24, 2.45) is 0 Å². The minimum Gasteiger partial charge on any atom is -0.313 e. The minimum absolute atomic E-state index is 0.658. The predicted molar refractivity (Wildman–Crippen MR) is 66.3 cm³/mol. The minimum atomic E-state index is 0.658. The molecule has 1 fully saturated rings. The van der Waals surface area contributed by atoms with E-state index < -0.39 is 0 Å². The van der Waals surface area contributed by atoms with Gasteiger partial charge < -0.3 is 10.2 Å². The lowest BCUT2D eigenvalue weighted by molar-refractivity contribution is 0.182. The Morgan fingerprint density at radius 2 is 2.00 bits per heavy atom. The van der Waals surface area contributed by atoms with Gasteiger partial charge in [0.2, 0.25) is 0 Å². The predicted octanol–water partition coefficient (Wildman–Crippen LogP) is 1.01. The van der Waals surface area contributed by atoms with Crippen molar-refractivity contribution in [3.63, 3.8) is 0 Å². The lowest BCUT2D eigenvalue weighted by Gasteiger charge is -2.30. The van der Waals surface area contributed by atoms with Crippen molar-refractivity contribution < 1.29 is 0 Å². The third-order valence-electron chi connectivity index (χ3n) is 3.07. The zero-order chi connectivity index (χ0) is 11.3. The van der Waals surface area contributed by atoms with Gasteiger partial charge in [0.05, 0.1) is 0 Å². The average Bonchev–Trinajstić information content (AvgIpc) is 2.94. The first-order valence-corrected chi connectivity index (χ1v) is 6.25. The van der Waals surface area contributed by atoms with E-state index in [1.165, 1.54) is 19.4 Å². The first-order chi connectivity index (χ1) is 7.13. The Morgan fingerprint density at radius 3 is 2.47 bits per heavy atom. The Bertz CT molecular complexity index is 166. The monoisotopic (exact) mass is 213 g/mol. The maximum Gasteiger partial charge on any atom is 0.0195 e. The van der Waals surface area contributed by atoms with Gasteiger partial charge in [-0.1, -0.05) is 6.92 Å². The van der Waals surface area contributed by atoms with E-state index in [1.54, 1.807) is 0 Å². The number of likely N-dealkylation sites (N-methyl/N-ethyl adjacent to an activating group) is 2. The van der Waals surface area contributed by atoms with Gasteiger partial charge in [0.25, 0.3) is 0 Å². The van der Waals surface area contributed by atoms with Crippen LogP contribution in [0, 0.1) is 0 Å². The van der Waals surface area contributed by atoms with Crippen LogP contribution in [0.3, 0.4) is 0 Å². The summed E-state index contributed by atoms with van der Waals surface area (Å²) in [4.78, 5) is 4.82. The van der Waals surface area contributed by atoms with Crippen LogP contribution in [0.25, 0.3) is 0 Å². The Hall–Kier alpha value is -0.120. The molecular weight excluding hydrogens is 186 g/mol. The summed E-state index contributed by atoms with van der Waals surface area (Å²) in [5, 5.41) is 3.57. The molecule has 1 N–H and O–H groups in total. The number of nitrogens with one attached hydrogen (secondary N) is 1. The summed E-state index contributed by atoms with van der Waals surface area (Å²) in [5.74, 6) is 0. The van der Waals surface area contributed by atoms with E-state index in [1.807, 2.05) is 0 Å². The van der Waals surface area contributed by atoms with Crippen LogP contribution < -0.4 is 5.32 Å². The van der Waals surface area contributed by atoms with E-state index in [-0.39, 0.29) is 0 Å². The van der Waals surface area contributed by atoms with Crippen molar-refractivity contribution in [2.75, 3.05) is 40.3 Å². The molecule has 90 valence electrons. The second-order valence-corrected chi connectivity index (χ2v) is 4.97. The van der Waals surface area contributed by atoms with Crippen molar-refractivity contribution in [2.45, 2.75) is 38.8 Å². The molecule has 0 amide bonds. The average molecular weight is 213 g/mol. The van der Waals surface area contributed by atoms with Crippen LogP contribution in [-0.4, -0.2) is 62.2 Å². The Balaban J connectivity index is 2.13. The highest BCUT2D eigenvalue weighted by molar-refractivity contribution is 4.81. The van der Waals surface area contributed by atoms with Gasteiger partial charge >= 0.3 is 0 Å². The van der Waals surface area contributed by atoms with E-state index >= 15 is 0 Å². The smallest absolute Gasteiger partial charge is 0.0195 e. The molecule has 0 aromatic heterocycles. The van der Waals surface area contributed by atoms with E-state index in [0.717, 1.165) is 25.7 Å². The standard InChI is InChI=1S/C12H27N3/c1-5-15(11(2)10-14(3)4)9-8-13-12-6-7-12/h11-13H,5-10H2,1-4H3. The van der Waals surface area contributed by atoms with Gasteiger partial charge in [0.1, 0.15) is 0 Å². The molecule has 15 heavy (non-hydrogen) atoms. The van der Waals surface area contributed by atoms with Gasteiger partial charge in [-0.3, -0.25) is 4.90 Å². The molecule has 3 nitrogen and oxygen atoms in total. The molecule has 3 heteroatoms. The first-order valence-electron chi connectivity index (χ1n) is 6.25. The van der Waals surface area contributed by atoms with Crippen LogP contribution in [0.1, 0.15) is 26.7 Å². The summed E-state index contributed by atoms with van der Waals surface area (Å²) in [6.45, 7) is 9.21. The molecule has 0 spiro atoms. The molecule has 1 rings (SSSR count). The summed E-state index contributed by atoms with van der Waals surface area (Å²) in [6.07, 6.45) is 2.78. The van der Waals surface area contributed by atoms with Crippen LogP contribution >= 0.6 is 0 Å². The van der Waals surface area contributed by atoms with Crippen LogP contribution in [0.2, 0.25) is 0 Å². The molecule has 0 aliphatic heterocycles. The number of hydrogen-bond acceptors (Lipinski definition) is 3. The summed E-state index contributed by atoms with van der Waals surface area (Å²) in [7, 11) is 4.29. The maximum atomic E-state index is 3.57. The fourth-order valence-corrected chi connectivity index (χ4v) is 2.03. The normalized spacial score (nSPS) is 18.8. The van der Waals surface area contributed by atoms with Crippen molar-refractivity contribution in [1.82, 2.24) is 15.1 Å². The molecule has 1 atom stereocenters. The lowest BCUT2D eigenvalue weighted by Crippen LogP contribution is -2.43. The summed E-state index contributed by atoms with van der Waals surface area (Å²) >= 11 is 0. The van der Waals surface area contributed by atoms with Crippen LogP contribution in [-0.2, 0) is 0 Å². The maximum absolute atomic E-state index is 3.57. The second-order valence-electron chi connectivity index (χ2n) is 4.97. The Labute approximate surface area is 94.8 Å². The van der Waals surface area contributed by atoms with Crippen molar-refractivity contribution in [3.8, 4) is 0 Å². The second kappa shape index (κ2) is 6.46. The summed E-state index contributed by atoms with van der Waals surface area (Å²) < 4.78 is 0. The molecule has 0 aromatic rings. The zero-order valence-electron chi connectivity index (χ0n) is 10.8. The van der Waals surface area contributed by atoms with E-state index in [2.05, 4.69) is 43.1 Å². The highest BCUT2D eigenvalue weighted by Crippen LogP contribution is 2.18. The van der Waals surface area contributed by atoms with Crippen molar-refractivity contribution in [3.05, 3.63) is 0 Å². The molecule has 1 saturated carbocycles. The van der Waals surface area contributed by atoms with Crippen molar-refractivity contribution >= 4 is 0 Å². The van der Waals surface area contributed by atoms with Crippen LogP contribution in [0.15, 0.2) is 0 Å². The molecule has 1 aliphatic carbocycles. The van der Waals surface area contributed by atoms with Gasteiger partial charge in [-0.15, -0.1) is 0 Å². The SMILES string of the molecule is CCN(CCNC1CC1)C(C)CN(C)C. The van der Waals surface area contributed by atoms with E-state index in [4.69, 9.17) is 0 Å². The third kappa shape index (κ3) is 5.50. The van der Waals surface area contributed by atoms with Gasteiger partial charge in [-0.25, -0.2) is 0 Å². The van der Waals surface area contributed by atoms with Gasteiger partial charge in [-0.05, 0) is 40.4 Å². The fourth-order valence-electron chi connectivity index (χ4n) is 2.03. The topological polar surface area (TPSA) is 18.5 Å². The van der Waals surface area contributed by atoms with Crippen LogP contribution in [0.4, 0.5) is 0 Å². The van der Waals surface area contributed by atoms with Gasteiger partial charge in [-0.2, -0.15) is 0 Å². The molecule has 0 heterocycles. The molecular formula is C12H27N3. The van der Waals surface area contributed by atoms with E-state index in [9.17, 15) is 0 Å². The highest BCUT2D eigenvalue weighted by atomic mass is 15.2. The largest absolute Gasteiger partial charge is 0.313 e. The first kappa shape index (κ1) is 12.9. The fraction of sp³-hybridized carbons (Fsp3) is 1.00. The van der Waals surface area contributed by atoms with Crippen LogP contribution in [0.5, 0.6) is 0 Å². The molecule has 1 aliphatic rings. The number of nitrogens with zero attached hydrogens (tertiary/aromatic N) is 2. The highest BCUT2D eigenvalue weighted by Gasteiger charge is 2.20. The van der Waals surface area contributed by atoms with Gasteiger partial charge in [0, 0.05) is 31.7 Å².